The fraction of sp³-hybridized carbons (Fsp3) is 0.312. The summed E-state index contributed by atoms with van der Waals surface area (Å²) in [4.78, 5) is 4.15. The number of nitrogens with one attached hydrogen (secondary N) is 1. The van der Waals surface area contributed by atoms with Gasteiger partial charge >= 0.3 is 0 Å². The van der Waals surface area contributed by atoms with Gasteiger partial charge in [-0.1, -0.05) is 55.8 Å². The van der Waals surface area contributed by atoms with Gasteiger partial charge in [-0.05, 0) is 30.0 Å². The zero-order valence-corrected chi connectivity index (χ0v) is 12.3. The summed E-state index contributed by atoms with van der Waals surface area (Å²) in [5.41, 5.74) is 3.30. The third kappa shape index (κ3) is 3.27. The van der Waals surface area contributed by atoms with E-state index in [1.807, 2.05) is 19.1 Å². The van der Waals surface area contributed by atoms with Gasteiger partial charge < -0.3 is 5.32 Å². The fourth-order valence-corrected chi connectivity index (χ4v) is 2.41. The van der Waals surface area contributed by atoms with E-state index in [2.05, 4.69) is 48.4 Å². The summed E-state index contributed by atoms with van der Waals surface area (Å²) in [6.07, 6.45) is 1.73. The van der Waals surface area contributed by atoms with E-state index in [0.29, 0.717) is 11.1 Å². The van der Waals surface area contributed by atoms with E-state index in [1.165, 1.54) is 5.56 Å². The zero-order chi connectivity index (χ0) is 13.8. The Morgan fingerprint density at radius 2 is 1.79 bits per heavy atom. The number of hydrogen-bond acceptors (Lipinski definition) is 2. The number of aryl methyl sites for hydroxylation is 1. The van der Waals surface area contributed by atoms with Crippen LogP contribution in [-0.4, -0.2) is 4.98 Å². The lowest BCUT2D eigenvalue weighted by Gasteiger charge is -2.25. The van der Waals surface area contributed by atoms with E-state index in [4.69, 9.17) is 11.6 Å². The summed E-state index contributed by atoms with van der Waals surface area (Å²) in [6.45, 7) is 6.44. The van der Waals surface area contributed by atoms with Crippen LogP contribution in [0.3, 0.4) is 0 Å². The van der Waals surface area contributed by atoms with Crippen molar-refractivity contribution in [2.75, 3.05) is 5.32 Å². The van der Waals surface area contributed by atoms with E-state index in [0.717, 1.165) is 11.3 Å². The van der Waals surface area contributed by atoms with Gasteiger partial charge in [-0.3, -0.25) is 0 Å². The lowest BCUT2D eigenvalue weighted by Crippen LogP contribution is -2.17. The summed E-state index contributed by atoms with van der Waals surface area (Å²) in [6, 6.07) is 12.6. The Labute approximate surface area is 119 Å². The van der Waals surface area contributed by atoms with Crippen molar-refractivity contribution in [1.82, 2.24) is 4.98 Å². The average molecular weight is 275 g/mol. The Bertz CT molecular complexity index is 517. The molecule has 0 saturated heterocycles. The molecule has 1 unspecified atom stereocenters. The topological polar surface area (TPSA) is 24.9 Å². The summed E-state index contributed by atoms with van der Waals surface area (Å²) in [5, 5.41) is 4.07. The first kappa shape index (κ1) is 13.9. The zero-order valence-electron chi connectivity index (χ0n) is 11.5. The van der Waals surface area contributed by atoms with Gasteiger partial charge in [-0.2, -0.15) is 0 Å². The third-order valence-corrected chi connectivity index (χ3v) is 3.52. The second-order valence-corrected chi connectivity index (χ2v) is 5.43. The summed E-state index contributed by atoms with van der Waals surface area (Å²) < 4.78 is 0. The quantitative estimate of drug-likeness (QED) is 0.806. The molecule has 0 amide bonds. The molecule has 0 radical (unpaired) electrons. The average Bonchev–Trinajstić information content (AvgIpc) is 2.39. The maximum absolute atomic E-state index is 6.19. The first-order valence-corrected chi connectivity index (χ1v) is 6.90. The molecule has 0 saturated carbocycles. The normalized spacial score (nSPS) is 12.5. The summed E-state index contributed by atoms with van der Waals surface area (Å²) >= 11 is 6.19. The number of anilines is 1. The first-order valence-electron chi connectivity index (χ1n) is 6.52. The Balaban J connectivity index is 2.33. The highest BCUT2D eigenvalue weighted by Crippen LogP contribution is 2.31. The molecule has 1 aromatic carbocycles. The van der Waals surface area contributed by atoms with Crippen molar-refractivity contribution in [3.63, 3.8) is 0 Å². The van der Waals surface area contributed by atoms with E-state index < -0.39 is 0 Å². The molecule has 0 aliphatic heterocycles. The Hall–Kier alpha value is -1.54. The van der Waals surface area contributed by atoms with Crippen LogP contribution in [0.2, 0.25) is 5.15 Å². The van der Waals surface area contributed by atoms with Gasteiger partial charge in [0.05, 0.1) is 11.7 Å². The Morgan fingerprint density at radius 1 is 1.11 bits per heavy atom. The van der Waals surface area contributed by atoms with Crippen molar-refractivity contribution < 1.29 is 0 Å². The number of hydrogen-bond donors (Lipinski definition) is 1. The van der Waals surface area contributed by atoms with E-state index in [1.54, 1.807) is 6.20 Å². The van der Waals surface area contributed by atoms with Crippen LogP contribution in [0.1, 0.15) is 31.0 Å². The van der Waals surface area contributed by atoms with Gasteiger partial charge in [0.25, 0.3) is 0 Å². The Morgan fingerprint density at radius 3 is 2.37 bits per heavy atom. The highest BCUT2D eigenvalue weighted by Gasteiger charge is 2.17. The van der Waals surface area contributed by atoms with Crippen LogP contribution in [-0.2, 0) is 0 Å². The van der Waals surface area contributed by atoms with Crippen LogP contribution >= 0.6 is 11.6 Å². The smallest absolute Gasteiger partial charge is 0.152 e. The van der Waals surface area contributed by atoms with Gasteiger partial charge in [-0.15, -0.1) is 0 Å². The van der Waals surface area contributed by atoms with Crippen molar-refractivity contribution in [3.05, 3.63) is 58.9 Å². The van der Waals surface area contributed by atoms with Crippen LogP contribution < -0.4 is 5.32 Å². The predicted molar refractivity (Wildman–Crippen MR) is 81.6 cm³/mol. The molecular weight excluding hydrogens is 256 g/mol. The molecule has 1 atom stereocenters. The molecule has 0 spiro atoms. The number of nitrogens with zero attached hydrogens (tertiary/aromatic N) is 1. The van der Waals surface area contributed by atoms with Crippen molar-refractivity contribution in [1.29, 1.82) is 0 Å². The largest absolute Gasteiger partial charge is 0.375 e. The number of halogens is 1. The molecule has 0 bridgehead atoms. The van der Waals surface area contributed by atoms with Gasteiger partial charge in [-0.25, -0.2) is 4.98 Å². The summed E-state index contributed by atoms with van der Waals surface area (Å²) in [5.74, 6) is 0.457. The van der Waals surface area contributed by atoms with Gasteiger partial charge in [0.2, 0.25) is 0 Å². The van der Waals surface area contributed by atoms with Crippen LogP contribution in [0.15, 0.2) is 42.6 Å². The molecule has 0 aliphatic rings. The minimum atomic E-state index is 0.224. The van der Waals surface area contributed by atoms with E-state index >= 15 is 0 Å². The second-order valence-electron chi connectivity index (χ2n) is 5.07. The molecule has 100 valence electrons. The molecule has 1 heterocycles. The highest BCUT2D eigenvalue weighted by atomic mass is 35.5. The first-order chi connectivity index (χ1) is 9.09. The van der Waals surface area contributed by atoms with E-state index in [-0.39, 0.29) is 6.04 Å². The van der Waals surface area contributed by atoms with Gasteiger partial charge in [0, 0.05) is 6.20 Å². The van der Waals surface area contributed by atoms with Gasteiger partial charge in [0.1, 0.15) is 0 Å². The lowest BCUT2D eigenvalue weighted by molar-refractivity contribution is 0.546. The van der Waals surface area contributed by atoms with Crippen LogP contribution in [0.5, 0.6) is 0 Å². The van der Waals surface area contributed by atoms with Crippen LogP contribution in [0, 0.1) is 12.8 Å². The molecule has 0 aliphatic carbocycles. The third-order valence-electron chi connectivity index (χ3n) is 3.24. The molecule has 1 N–H and O–H groups in total. The van der Waals surface area contributed by atoms with Crippen molar-refractivity contribution in [2.45, 2.75) is 26.8 Å². The monoisotopic (exact) mass is 274 g/mol. The highest BCUT2D eigenvalue weighted by molar-refractivity contribution is 6.32. The van der Waals surface area contributed by atoms with E-state index in [9.17, 15) is 0 Å². The molecule has 0 fully saturated rings. The molecule has 2 rings (SSSR count). The molecule has 2 aromatic rings. The second kappa shape index (κ2) is 6.07. The molecular formula is C16H19ClN2. The standard InChI is InChI=1S/C16H19ClN2/c1-11(2)14(13-7-5-4-6-8-13)19-15-12(3)9-10-18-16(15)17/h4-11,14,19H,1-3H3. The van der Waals surface area contributed by atoms with Crippen molar-refractivity contribution >= 4 is 17.3 Å². The molecule has 2 nitrogen and oxygen atoms in total. The van der Waals surface area contributed by atoms with Crippen LogP contribution in [0.25, 0.3) is 0 Å². The molecule has 19 heavy (non-hydrogen) atoms. The van der Waals surface area contributed by atoms with Gasteiger partial charge in [0.15, 0.2) is 5.15 Å². The van der Waals surface area contributed by atoms with Crippen LogP contribution in [0.4, 0.5) is 5.69 Å². The SMILES string of the molecule is Cc1ccnc(Cl)c1NC(c1ccccc1)C(C)C. The van der Waals surface area contributed by atoms with Crippen molar-refractivity contribution in [3.8, 4) is 0 Å². The summed E-state index contributed by atoms with van der Waals surface area (Å²) in [7, 11) is 0. The van der Waals surface area contributed by atoms with Crippen molar-refractivity contribution in [2.24, 2.45) is 5.92 Å². The number of benzene rings is 1. The minimum absolute atomic E-state index is 0.224. The number of rotatable bonds is 4. The molecule has 3 heteroatoms. The Kier molecular flexibility index (Phi) is 4.43. The molecule has 1 aromatic heterocycles. The predicted octanol–water partition coefficient (Wildman–Crippen LogP) is 4.85. The maximum atomic E-state index is 6.19. The number of aromatic nitrogens is 1. The minimum Gasteiger partial charge on any atom is -0.375 e. The maximum Gasteiger partial charge on any atom is 0.152 e. The number of pyridine rings is 1. The lowest BCUT2D eigenvalue weighted by atomic mass is 9.95. The fourth-order valence-electron chi connectivity index (χ4n) is 2.15.